The van der Waals surface area contributed by atoms with Crippen molar-refractivity contribution in [2.45, 2.75) is 138 Å². The highest BCUT2D eigenvalue weighted by molar-refractivity contribution is 5.97. The molecule has 2 aromatic heterocycles. The van der Waals surface area contributed by atoms with Gasteiger partial charge in [0.25, 0.3) is 5.91 Å². The molecule has 0 saturated carbocycles. The van der Waals surface area contributed by atoms with Gasteiger partial charge in [0.05, 0.1) is 12.9 Å². The van der Waals surface area contributed by atoms with E-state index in [1.807, 2.05) is 0 Å². The van der Waals surface area contributed by atoms with Gasteiger partial charge in [-0.25, -0.2) is 19.7 Å². The first kappa shape index (κ1) is 73.9. The van der Waals surface area contributed by atoms with Gasteiger partial charge in [-0.15, -0.1) is 0 Å². The third-order valence-corrected chi connectivity index (χ3v) is 13.1. The summed E-state index contributed by atoms with van der Waals surface area (Å²) in [4.78, 5) is 146. The molecule has 0 radical (unpaired) electrons. The van der Waals surface area contributed by atoms with Crippen LogP contribution in [-0.2, 0) is 43.1 Å². The Labute approximate surface area is 514 Å². The van der Waals surface area contributed by atoms with E-state index < -0.39 is 115 Å². The number of nitrogens with one attached hydrogen (secondary N) is 7. The minimum atomic E-state index is -1.81. The Morgan fingerprint density at radius 3 is 1.13 bits per heavy atom. The van der Waals surface area contributed by atoms with Crippen molar-refractivity contribution in [1.82, 2.24) is 56.7 Å². The van der Waals surface area contributed by atoms with Gasteiger partial charge < -0.3 is 132 Å². The molecule has 42 nitrogen and oxygen atoms in total. The molecule has 0 spiro atoms. The Bertz CT molecular complexity index is 2910. The number of ether oxygens (including phenoxy) is 1. The predicted molar refractivity (Wildman–Crippen MR) is 327 cm³/mol. The molecule has 0 unspecified atom stereocenters. The number of nitrogens with two attached hydrogens (primary N) is 13. The molecule has 0 aromatic carbocycles. The number of imidazole rings is 1. The average molecular weight is 1280 g/mol. The molecule has 90 heavy (non-hydrogen) atoms. The summed E-state index contributed by atoms with van der Waals surface area (Å²) in [6, 6.07) is -8.94. The number of hydrogen-bond donors (Lipinski definition) is 23. The van der Waals surface area contributed by atoms with E-state index >= 15 is 0 Å². The molecular formula is C48H86N30O12. The zero-order valence-corrected chi connectivity index (χ0v) is 49.4. The van der Waals surface area contributed by atoms with Crippen molar-refractivity contribution >= 4 is 100 Å². The Morgan fingerprint density at radius 1 is 0.478 bits per heavy atom. The number of nitrogen functional groups attached to an aromatic ring is 1. The summed E-state index contributed by atoms with van der Waals surface area (Å²) in [6.07, 6.45) is -4.88. The van der Waals surface area contributed by atoms with Gasteiger partial charge in [-0.05, 0) is 77.0 Å². The second kappa shape index (κ2) is 38.0. The van der Waals surface area contributed by atoms with E-state index in [4.69, 9.17) is 79.3 Å². The lowest BCUT2D eigenvalue weighted by Crippen LogP contribution is -2.59. The molecule has 1 aliphatic heterocycles. The van der Waals surface area contributed by atoms with Crippen molar-refractivity contribution in [1.29, 1.82) is 0 Å². The topological polar surface area (TPSA) is 747 Å². The number of anilines is 1. The smallest absolute Gasteiger partial charge is 0.326 e. The molecule has 3 rings (SSSR count). The van der Waals surface area contributed by atoms with Crippen LogP contribution in [-0.4, -0.2) is 218 Å². The Morgan fingerprint density at radius 2 is 0.800 bits per heavy atom. The minimum absolute atomic E-state index is 0.00859. The van der Waals surface area contributed by atoms with Gasteiger partial charge in [-0.2, -0.15) is 0 Å². The fourth-order valence-electron chi connectivity index (χ4n) is 8.66. The van der Waals surface area contributed by atoms with Gasteiger partial charge in [0, 0.05) is 39.3 Å². The summed E-state index contributed by atoms with van der Waals surface area (Å²) in [5.41, 5.74) is 72.1. The van der Waals surface area contributed by atoms with E-state index in [2.05, 4.69) is 82.1 Å². The van der Waals surface area contributed by atoms with E-state index in [-0.39, 0.29) is 169 Å². The Kier molecular flexibility index (Phi) is 31.2. The van der Waals surface area contributed by atoms with Gasteiger partial charge in [-0.3, -0.25) is 68.1 Å². The van der Waals surface area contributed by atoms with Crippen LogP contribution in [0.4, 0.5) is 5.82 Å². The van der Waals surface area contributed by atoms with Gasteiger partial charge in [0.15, 0.2) is 59.6 Å². The van der Waals surface area contributed by atoms with Crippen LogP contribution in [0.1, 0.15) is 83.3 Å². The first-order chi connectivity index (χ1) is 42.6. The normalized spacial score (nSPS) is 17.0. The maximum Gasteiger partial charge on any atom is 0.326 e. The lowest BCUT2D eigenvalue weighted by Gasteiger charge is -2.27. The van der Waals surface area contributed by atoms with Crippen molar-refractivity contribution in [3.05, 3.63) is 12.7 Å². The maximum atomic E-state index is 14.6. The van der Waals surface area contributed by atoms with Gasteiger partial charge in [0.1, 0.15) is 60.3 Å². The molecule has 500 valence electrons. The van der Waals surface area contributed by atoms with Crippen molar-refractivity contribution in [3.63, 3.8) is 0 Å². The van der Waals surface area contributed by atoms with Crippen LogP contribution in [0.2, 0.25) is 0 Å². The molecule has 3 heterocycles. The highest BCUT2D eigenvalue weighted by atomic mass is 16.6. The number of aliphatic hydroxyl groups excluding tert-OH is 2. The van der Waals surface area contributed by atoms with Crippen molar-refractivity contribution in [2.24, 2.45) is 98.8 Å². The molecule has 0 bridgehead atoms. The van der Waals surface area contributed by atoms with E-state index in [0.29, 0.717) is 0 Å². The lowest BCUT2D eigenvalue weighted by atomic mass is 10.0. The highest BCUT2D eigenvalue weighted by Crippen LogP contribution is 2.32. The third kappa shape index (κ3) is 26.3. The van der Waals surface area contributed by atoms with Crippen LogP contribution >= 0.6 is 0 Å². The lowest BCUT2D eigenvalue weighted by molar-refractivity contribution is -0.142. The molecule has 1 aliphatic rings. The number of fused-ring (bicyclic) bond motifs is 1. The van der Waals surface area contributed by atoms with Crippen molar-refractivity contribution < 1.29 is 58.4 Å². The van der Waals surface area contributed by atoms with Crippen molar-refractivity contribution in [2.75, 3.05) is 51.5 Å². The van der Waals surface area contributed by atoms with E-state index in [1.54, 1.807) is 0 Å². The number of aromatic nitrogens is 4. The van der Waals surface area contributed by atoms with Crippen LogP contribution < -0.4 is 112 Å². The number of aliphatic imine (C=N–C) groups is 6. The van der Waals surface area contributed by atoms with Gasteiger partial charge in [-0.1, -0.05) is 0 Å². The summed E-state index contributed by atoms with van der Waals surface area (Å²) in [5.74, 6) is -9.79. The molecular weight excluding hydrogens is 1190 g/mol. The fourth-order valence-corrected chi connectivity index (χ4v) is 8.66. The Balaban J connectivity index is 1.94. The zero-order chi connectivity index (χ0) is 67.0. The number of aliphatic hydroxyl groups is 2. The number of guanidine groups is 6. The zero-order valence-electron chi connectivity index (χ0n) is 49.4. The van der Waals surface area contributed by atoms with Crippen LogP contribution in [0.25, 0.3) is 11.2 Å². The van der Waals surface area contributed by atoms with Crippen LogP contribution in [0.15, 0.2) is 42.6 Å². The molecule has 42 heteroatoms. The first-order valence-electron chi connectivity index (χ1n) is 28.2. The quantitative estimate of drug-likeness (QED) is 0.0167. The Hall–Kier alpha value is -10.4. The van der Waals surface area contributed by atoms with Gasteiger partial charge >= 0.3 is 5.97 Å². The number of nitrogens with zero attached hydrogens (tertiary/aromatic N) is 10. The molecule has 1 fully saturated rings. The molecule has 1 saturated heterocycles. The number of rotatable bonds is 40. The van der Waals surface area contributed by atoms with E-state index in [9.17, 15) is 53.7 Å². The van der Waals surface area contributed by atoms with E-state index in [0.717, 1.165) is 6.33 Å². The SMILES string of the molecule is NC(N)=NCCC[C@H](NC(=O)[C@H](CCCN=C(N)N)NC(=O)[C@H](CCCN=C(N)N)NC(=O)[C@H](CCCN=C(N)N)NC(=O)[C@H](CCCN=C(N)N)NC(=O)[C@H](CCCN=C(N)N)NC(=O)CNC(=O)[C@H]1O[C@@H](n2cnc3c(N)ncnc32)[C@H](O)[C@@H]1O)C(=O)O. The predicted octanol–water partition coefficient (Wildman–Crippen LogP) is -11.5. The number of carboxylic acid groups (broad SMARTS) is 1. The number of carboxylic acids is 1. The van der Waals surface area contributed by atoms with E-state index in [1.165, 1.54) is 10.9 Å². The average Bonchev–Trinajstić information content (AvgIpc) is 1.72. The standard InChI is InChI=1S/C48H86N30O12/c49-33-29-34(70-20-69-33)78(21-71-29)41-31(81)30(80)32(90-41)40(87)68-19-28(79)72-22(7-1-13-62-43(50)51)35(82)73-23(8-2-14-63-44(52)53)36(83)74-24(9-3-15-64-45(54)55)37(84)75-25(10-4-16-65-46(56)57)38(85)76-26(11-5-17-66-47(58)59)39(86)77-27(42(88)89)12-6-18-67-48(60)61/h20-27,30-32,41,80-81H,1-19H2,(H,68,87)(H,72,79)(H,73,82)(H,74,83)(H,75,84)(H,76,85)(H,77,86)(H,88,89)(H2,49,69,70)(H4,50,51,62)(H4,52,53,63)(H4,54,55,64)(H4,56,57,65)(H4,58,59,66)(H4,60,61,67)/t22-,23-,24-,25-,26-,27-,30-,31+,32-,41+/m0/s1. The van der Waals surface area contributed by atoms with Gasteiger partial charge in [0.2, 0.25) is 35.4 Å². The summed E-state index contributed by atoms with van der Waals surface area (Å²) < 4.78 is 6.95. The molecule has 2 aromatic rings. The first-order valence-corrected chi connectivity index (χ1v) is 28.2. The molecule has 10 atom stereocenters. The summed E-state index contributed by atoms with van der Waals surface area (Å²) in [5, 5.41) is 49.3. The monoisotopic (exact) mass is 1270 g/mol. The number of aliphatic carboxylic acids is 1. The number of carbonyl (C=O) groups excluding carboxylic acids is 7. The van der Waals surface area contributed by atoms with Crippen molar-refractivity contribution in [3.8, 4) is 0 Å². The number of hydrogen-bond acceptors (Lipinski definition) is 21. The van der Waals surface area contributed by atoms with Crippen LogP contribution in [0.5, 0.6) is 0 Å². The number of amides is 7. The summed E-state index contributed by atoms with van der Waals surface area (Å²) in [7, 11) is 0. The number of carbonyl (C=O) groups is 8. The fraction of sp³-hybridized carbons (Fsp3) is 0.604. The molecule has 36 N–H and O–H groups in total. The second-order valence-electron chi connectivity index (χ2n) is 20.2. The minimum Gasteiger partial charge on any atom is -0.480 e. The largest absolute Gasteiger partial charge is 0.480 e. The third-order valence-electron chi connectivity index (χ3n) is 13.1. The molecule has 7 amide bonds. The highest BCUT2D eigenvalue weighted by Gasteiger charge is 2.48. The molecule has 0 aliphatic carbocycles. The summed E-state index contributed by atoms with van der Waals surface area (Å²) >= 11 is 0. The summed E-state index contributed by atoms with van der Waals surface area (Å²) in [6.45, 7) is -0.958. The van der Waals surface area contributed by atoms with Crippen LogP contribution in [0, 0.1) is 0 Å². The maximum absolute atomic E-state index is 14.6. The second-order valence-corrected chi connectivity index (χ2v) is 20.2. The van der Waals surface area contributed by atoms with Crippen LogP contribution in [0.3, 0.4) is 0 Å².